The first-order chi connectivity index (χ1) is 7.24. The quantitative estimate of drug-likeness (QED) is 0.219. The normalized spacial score (nSPS) is 28.7. The molecule has 4 N–H and O–H groups in total. The highest BCUT2D eigenvalue weighted by molar-refractivity contribution is 5.79. The van der Waals surface area contributed by atoms with Crippen LogP contribution in [0.2, 0.25) is 0 Å². The minimum absolute atomic E-state index is 0.309. The van der Waals surface area contributed by atoms with Crippen molar-refractivity contribution in [2.24, 2.45) is 16.8 Å². The second kappa shape index (κ2) is 6.67. The molecule has 0 bridgehead atoms. The Balaban J connectivity index is 2.23. The SMILES string of the molecule is CC1CCCCCC1NCCC(N)=NO. The number of nitrogens with zero attached hydrogens (tertiary/aromatic N) is 1. The fourth-order valence-electron chi connectivity index (χ4n) is 2.23. The highest BCUT2D eigenvalue weighted by Crippen LogP contribution is 2.22. The molecule has 4 nitrogen and oxygen atoms in total. The molecule has 2 atom stereocenters. The number of rotatable bonds is 4. The fraction of sp³-hybridized carbons (Fsp3) is 0.909. The molecule has 1 aliphatic rings. The van der Waals surface area contributed by atoms with Crippen LogP contribution in [0, 0.1) is 5.92 Å². The van der Waals surface area contributed by atoms with Crippen LogP contribution in [0.3, 0.4) is 0 Å². The first-order valence-electron chi connectivity index (χ1n) is 5.94. The third-order valence-electron chi connectivity index (χ3n) is 3.28. The van der Waals surface area contributed by atoms with Gasteiger partial charge in [0.25, 0.3) is 0 Å². The van der Waals surface area contributed by atoms with E-state index in [1.807, 2.05) is 0 Å². The second-order valence-corrected chi connectivity index (χ2v) is 4.52. The summed E-state index contributed by atoms with van der Waals surface area (Å²) < 4.78 is 0. The van der Waals surface area contributed by atoms with Crippen LogP contribution in [0.15, 0.2) is 5.16 Å². The molecule has 4 heteroatoms. The fourth-order valence-corrected chi connectivity index (χ4v) is 2.23. The first-order valence-corrected chi connectivity index (χ1v) is 5.94. The monoisotopic (exact) mass is 213 g/mol. The summed E-state index contributed by atoms with van der Waals surface area (Å²) in [5, 5.41) is 14.9. The van der Waals surface area contributed by atoms with Gasteiger partial charge in [-0.25, -0.2) is 0 Å². The zero-order chi connectivity index (χ0) is 11.1. The molecule has 0 spiro atoms. The molecule has 0 amide bonds. The second-order valence-electron chi connectivity index (χ2n) is 4.52. The van der Waals surface area contributed by atoms with Gasteiger partial charge in [0.2, 0.25) is 0 Å². The largest absolute Gasteiger partial charge is 0.409 e. The van der Waals surface area contributed by atoms with E-state index in [9.17, 15) is 0 Å². The lowest BCUT2D eigenvalue weighted by Gasteiger charge is -2.22. The van der Waals surface area contributed by atoms with Crippen molar-refractivity contribution in [1.82, 2.24) is 5.32 Å². The smallest absolute Gasteiger partial charge is 0.140 e. The lowest BCUT2D eigenvalue weighted by atomic mass is 9.97. The van der Waals surface area contributed by atoms with Gasteiger partial charge in [-0.1, -0.05) is 31.3 Å². The van der Waals surface area contributed by atoms with Gasteiger partial charge in [0.1, 0.15) is 5.84 Å². The van der Waals surface area contributed by atoms with Crippen LogP contribution >= 0.6 is 0 Å². The maximum absolute atomic E-state index is 8.40. The number of oxime groups is 1. The predicted octanol–water partition coefficient (Wildman–Crippen LogP) is 1.68. The van der Waals surface area contributed by atoms with E-state index in [2.05, 4.69) is 17.4 Å². The minimum Gasteiger partial charge on any atom is -0.409 e. The van der Waals surface area contributed by atoms with Gasteiger partial charge in [0, 0.05) is 19.0 Å². The Bertz CT molecular complexity index is 206. The van der Waals surface area contributed by atoms with Crippen LogP contribution in [0.5, 0.6) is 0 Å². The highest BCUT2D eigenvalue weighted by Gasteiger charge is 2.18. The lowest BCUT2D eigenvalue weighted by Crippen LogP contribution is -2.36. The van der Waals surface area contributed by atoms with Crippen LogP contribution in [0.1, 0.15) is 45.4 Å². The lowest BCUT2D eigenvalue weighted by molar-refractivity contribution is 0.315. The molecule has 0 aromatic heterocycles. The van der Waals surface area contributed by atoms with Crippen molar-refractivity contribution >= 4 is 5.84 Å². The van der Waals surface area contributed by atoms with Gasteiger partial charge < -0.3 is 16.3 Å². The molecular formula is C11H23N3O. The Kier molecular flexibility index (Phi) is 5.47. The van der Waals surface area contributed by atoms with Crippen molar-refractivity contribution in [2.45, 2.75) is 51.5 Å². The van der Waals surface area contributed by atoms with E-state index in [4.69, 9.17) is 10.9 Å². The minimum atomic E-state index is 0.309. The summed E-state index contributed by atoms with van der Waals surface area (Å²) in [6.07, 6.45) is 7.26. The summed E-state index contributed by atoms with van der Waals surface area (Å²) in [7, 11) is 0. The number of hydrogen-bond donors (Lipinski definition) is 3. The third kappa shape index (κ3) is 4.51. The van der Waals surface area contributed by atoms with E-state index < -0.39 is 0 Å². The molecule has 0 aromatic carbocycles. The topological polar surface area (TPSA) is 70.6 Å². The van der Waals surface area contributed by atoms with Crippen LogP contribution in [0.4, 0.5) is 0 Å². The van der Waals surface area contributed by atoms with Crippen molar-refractivity contribution in [3.8, 4) is 0 Å². The van der Waals surface area contributed by atoms with Crippen molar-refractivity contribution in [2.75, 3.05) is 6.54 Å². The molecule has 1 rings (SSSR count). The molecule has 1 saturated carbocycles. The Morgan fingerprint density at radius 2 is 2.13 bits per heavy atom. The van der Waals surface area contributed by atoms with Gasteiger partial charge in [-0.05, 0) is 18.8 Å². The number of nitrogens with two attached hydrogens (primary N) is 1. The van der Waals surface area contributed by atoms with E-state index in [0.29, 0.717) is 18.3 Å². The zero-order valence-corrected chi connectivity index (χ0v) is 9.58. The predicted molar refractivity (Wildman–Crippen MR) is 62.1 cm³/mol. The van der Waals surface area contributed by atoms with Gasteiger partial charge in [-0.15, -0.1) is 0 Å². The third-order valence-corrected chi connectivity index (χ3v) is 3.28. The van der Waals surface area contributed by atoms with E-state index in [-0.39, 0.29) is 0 Å². The van der Waals surface area contributed by atoms with E-state index >= 15 is 0 Å². The van der Waals surface area contributed by atoms with Gasteiger partial charge in [-0.2, -0.15) is 0 Å². The Morgan fingerprint density at radius 1 is 1.40 bits per heavy atom. The molecule has 1 fully saturated rings. The average Bonchev–Trinajstić information content (AvgIpc) is 2.44. The van der Waals surface area contributed by atoms with E-state index in [1.165, 1.54) is 32.1 Å². The molecule has 0 aliphatic heterocycles. The Hall–Kier alpha value is -0.770. The summed E-state index contributed by atoms with van der Waals surface area (Å²) in [6, 6.07) is 0.610. The van der Waals surface area contributed by atoms with Gasteiger partial charge >= 0.3 is 0 Å². The van der Waals surface area contributed by atoms with Gasteiger partial charge in [0.05, 0.1) is 0 Å². The molecule has 0 radical (unpaired) electrons. The molecule has 0 aromatic rings. The molecular weight excluding hydrogens is 190 g/mol. The number of amidine groups is 1. The molecule has 0 saturated heterocycles. The Morgan fingerprint density at radius 3 is 2.87 bits per heavy atom. The number of nitrogens with one attached hydrogen (secondary N) is 1. The van der Waals surface area contributed by atoms with Crippen LogP contribution < -0.4 is 11.1 Å². The van der Waals surface area contributed by atoms with Gasteiger partial charge in [-0.3, -0.25) is 0 Å². The van der Waals surface area contributed by atoms with Crippen molar-refractivity contribution < 1.29 is 5.21 Å². The van der Waals surface area contributed by atoms with Crippen LogP contribution in [-0.2, 0) is 0 Å². The summed E-state index contributed by atoms with van der Waals surface area (Å²) in [4.78, 5) is 0. The average molecular weight is 213 g/mol. The van der Waals surface area contributed by atoms with Gasteiger partial charge in [0.15, 0.2) is 0 Å². The summed E-state index contributed by atoms with van der Waals surface area (Å²) in [6.45, 7) is 3.12. The van der Waals surface area contributed by atoms with Crippen molar-refractivity contribution in [1.29, 1.82) is 0 Å². The highest BCUT2D eigenvalue weighted by atomic mass is 16.4. The molecule has 2 unspecified atom stereocenters. The van der Waals surface area contributed by atoms with Crippen LogP contribution in [-0.4, -0.2) is 23.6 Å². The van der Waals surface area contributed by atoms with Crippen molar-refractivity contribution in [3.05, 3.63) is 0 Å². The summed E-state index contributed by atoms with van der Waals surface area (Å²) in [5.74, 6) is 1.06. The molecule has 0 heterocycles. The molecule has 88 valence electrons. The maximum atomic E-state index is 8.40. The first kappa shape index (κ1) is 12.3. The number of hydrogen-bond acceptors (Lipinski definition) is 3. The molecule has 1 aliphatic carbocycles. The molecule has 15 heavy (non-hydrogen) atoms. The van der Waals surface area contributed by atoms with E-state index in [0.717, 1.165) is 12.5 Å². The standard InChI is InChI=1S/C11H23N3O/c1-9-5-3-2-4-6-10(9)13-8-7-11(12)14-15/h9-10,13,15H,2-8H2,1H3,(H2,12,14). The summed E-state index contributed by atoms with van der Waals surface area (Å²) in [5.41, 5.74) is 5.41. The van der Waals surface area contributed by atoms with E-state index in [1.54, 1.807) is 0 Å². The van der Waals surface area contributed by atoms with Crippen molar-refractivity contribution in [3.63, 3.8) is 0 Å². The summed E-state index contributed by atoms with van der Waals surface area (Å²) >= 11 is 0. The Labute approximate surface area is 91.9 Å². The van der Waals surface area contributed by atoms with Crippen LogP contribution in [0.25, 0.3) is 0 Å². The zero-order valence-electron chi connectivity index (χ0n) is 9.58. The maximum Gasteiger partial charge on any atom is 0.140 e.